The van der Waals surface area contributed by atoms with Crippen molar-refractivity contribution < 1.29 is 10.2 Å². The number of aliphatic imine (C=N–C) groups is 3. The third-order valence-corrected chi connectivity index (χ3v) is 8.77. The van der Waals surface area contributed by atoms with Crippen LogP contribution in [0.1, 0.15) is 93.4 Å². The van der Waals surface area contributed by atoms with E-state index in [9.17, 15) is 10.2 Å². The number of nitrogens with zero attached hydrogens (tertiary/aromatic N) is 3. The molecule has 0 spiro atoms. The van der Waals surface area contributed by atoms with Crippen LogP contribution in [-0.2, 0) is 0 Å². The summed E-state index contributed by atoms with van der Waals surface area (Å²) < 4.78 is 0. The van der Waals surface area contributed by atoms with Crippen LogP contribution in [0.3, 0.4) is 0 Å². The first kappa shape index (κ1) is 28.0. The molecular formula is C34H42N4O2. The fraction of sp³-hybridized carbons (Fsp3) is 0.441. The minimum atomic E-state index is -1.52. The third-order valence-electron chi connectivity index (χ3n) is 8.77. The normalized spacial score (nSPS) is 24.2. The minimum absolute atomic E-state index is 0.0749. The lowest BCUT2D eigenvalue weighted by atomic mass is 9.92. The highest BCUT2D eigenvalue weighted by Crippen LogP contribution is 2.41. The van der Waals surface area contributed by atoms with E-state index in [0.29, 0.717) is 17.8 Å². The van der Waals surface area contributed by atoms with E-state index in [2.05, 4.69) is 59.0 Å². The van der Waals surface area contributed by atoms with Gasteiger partial charge >= 0.3 is 0 Å². The number of aliphatic hydroxyl groups excluding tert-OH is 1. The second kappa shape index (κ2) is 10.8. The van der Waals surface area contributed by atoms with Gasteiger partial charge in [0.05, 0.1) is 45.6 Å². The maximum absolute atomic E-state index is 11.7. The van der Waals surface area contributed by atoms with E-state index in [0.717, 1.165) is 83.9 Å². The summed E-state index contributed by atoms with van der Waals surface area (Å²) >= 11 is 0. The molecule has 5 heterocycles. The minimum Gasteiger partial charge on any atom is -0.507 e. The van der Waals surface area contributed by atoms with Crippen LogP contribution < -0.4 is 5.32 Å². The monoisotopic (exact) mass is 538 g/mol. The first-order chi connectivity index (χ1) is 19.3. The van der Waals surface area contributed by atoms with Crippen LogP contribution in [0.25, 0.3) is 0 Å². The lowest BCUT2D eigenvalue weighted by Crippen LogP contribution is -2.32. The van der Waals surface area contributed by atoms with Gasteiger partial charge in [0.1, 0.15) is 0 Å². The van der Waals surface area contributed by atoms with Crippen molar-refractivity contribution in [3.63, 3.8) is 0 Å². The van der Waals surface area contributed by atoms with Crippen LogP contribution >= 0.6 is 0 Å². The van der Waals surface area contributed by atoms with Gasteiger partial charge in [-0.05, 0) is 103 Å². The molecule has 0 saturated carbocycles. The van der Waals surface area contributed by atoms with Gasteiger partial charge in [0.15, 0.2) is 11.4 Å². The highest BCUT2D eigenvalue weighted by atomic mass is 16.3. The lowest BCUT2D eigenvalue weighted by Gasteiger charge is -2.22. The van der Waals surface area contributed by atoms with E-state index in [4.69, 9.17) is 15.0 Å². The fourth-order valence-electron chi connectivity index (χ4n) is 6.61. The van der Waals surface area contributed by atoms with Crippen LogP contribution in [0, 0.1) is 0 Å². The highest BCUT2D eigenvalue weighted by Gasteiger charge is 2.43. The highest BCUT2D eigenvalue weighted by molar-refractivity contribution is 6.18. The van der Waals surface area contributed by atoms with Gasteiger partial charge in [-0.1, -0.05) is 48.5 Å². The van der Waals surface area contributed by atoms with E-state index in [-0.39, 0.29) is 5.76 Å². The van der Waals surface area contributed by atoms with Crippen molar-refractivity contribution in [2.24, 2.45) is 15.0 Å². The molecule has 0 radical (unpaired) electrons. The molecule has 40 heavy (non-hydrogen) atoms. The van der Waals surface area contributed by atoms with Crippen LogP contribution in [0.4, 0.5) is 0 Å². The maximum Gasteiger partial charge on any atom is 0.163 e. The Morgan fingerprint density at radius 3 is 1.32 bits per heavy atom. The molecule has 5 aliphatic rings. The molecule has 0 aromatic rings. The van der Waals surface area contributed by atoms with E-state index >= 15 is 0 Å². The zero-order valence-electron chi connectivity index (χ0n) is 25.0. The standard InChI is InChI=1S/C34H42N4O2/c1-8-19-20(9-2)26-16-28-23(12-5)24(13-6)30(37-28)18-32-34(40,14-7)33(39)31(38-32)17-29-22(11-4)21(10-3)27(36-29)15-25(19)35-26/h15-18,38-40H,8-14H2,1-7H3/t34-/m1/s1. The quantitative estimate of drug-likeness (QED) is 0.309. The predicted octanol–water partition coefficient (Wildman–Crippen LogP) is 7.76. The van der Waals surface area contributed by atoms with Crippen LogP contribution in [0.2, 0.25) is 0 Å². The molecule has 0 saturated heterocycles. The molecule has 0 amide bonds. The fourth-order valence-corrected chi connectivity index (χ4v) is 6.61. The Morgan fingerprint density at radius 1 is 0.575 bits per heavy atom. The van der Waals surface area contributed by atoms with E-state index in [1.807, 2.05) is 19.1 Å². The van der Waals surface area contributed by atoms with Crippen LogP contribution in [0.15, 0.2) is 107 Å². The summed E-state index contributed by atoms with van der Waals surface area (Å²) in [5.74, 6) is -0.0749. The first-order valence-electron chi connectivity index (χ1n) is 15.0. The average Bonchev–Trinajstić information content (AvgIpc) is 3.64. The van der Waals surface area contributed by atoms with Gasteiger partial charge in [-0.2, -0.15) is 0 Å². The Labute approximate surface area is 238 Å². The zero-order valence-corrected chi connectivity index (χ0v) is 25.0. The Hall–Kier alpha value is -3.51. The molecule has 6 nitrogen and oxygen atoms in total. The summed E-state index contributed by atoms with van der Waals surface area (Å²) in [4.78, 5) is 15.4. The van der Waals surface area contributed by atoms with Crippen LogP contribution in [-0.4, -0.2) is 32.9 Å². The van der Waals surface area contributed by atoms with Crippen molar-refractivity contribution in [1.82, 2.24) is 5.32 Å². The van der Waals surface area contributed by atoms with Gasteiger partial charge in [-0.25, -0.2) is 15.0 Å². The van der Waals surface area contributed by atoms with Gasteiger partial charge in [-0.15, -0.1) is 0 Å². The summed E-state index contributed by atoms with van der Waals surface area (Å²) in [6.07, 6.45) is 13.5. The largest absolute Gasteiger partial charge is 0.507 e. The number of hydrogen-bond acceptors (Lipinski definition) is 6. The molecule has 0 aromatic heterocycles. The lowest BCUT2D eigenvalue weighted by molar-refractivity contribution is 0.0707. The third kappa shape index (κ3) is 4.24. The molecule has 1 atom stereocenters. The molecule has 6 heteroatoms. The van der Waals surface area contributed by atoms with E-state index in [1.54, 1.807) is 0 Å². The van der Waals surface area contributed by atoms with Crippen molar-refractivity contribution in [3.05, 3.63) is 92.0 Å². The second-order valence-corrected chi connectivity index (χ2v) is 10.7. The SMILES string of the molecule is CCC1=C(CC)C2=NC1=CC1=NC(=CC3=C(O)[C@@](O)(CC)C(=CC4=NC(=C2)C(CC)=C4CC)N3)C(CC)=C1CC. The Morgan fingerprint density at radius 2 is 0.950 bits per heavy atom. The number of fused-ring (bicyclic) bond motifs is 5. The van der Waals surface area contributed by atoms with Crippen LogP contribution in [0.5, 0.6) is 0 Å². The molecule has 0 aromatic carbocycles. The van der Waals surface area contributed by atoms with Gasteiger partial charge in [0.2, 0.25) is 0 Å². The van der Waals surface area contributed by atoms with E-state index < -0.39 is 5.60 Å². The molecular weight excluding hydrogens is 496 g/mol. The topological polar surface area (TPSA) is 89.6 Å². The number of nitrogens with one attached hydrogen (secondary N) is 1. The summed E-state index contributed by atoms with van der Waals surface area (Å²) in [5.41, 5.74) is 12.2. The van der Waals surface area contributed by atoms with Gasteiger partial charge in [0.25, 0.3) is 0 Å². The summed E-state index contributed by atoms with van der Waals surface area (Å²) in [6, 6.07) is 0. The molecule has 5 aliphatic heterocycles. The Bertz CT molecular complexity index is 1510. The molecule has 0 unspecified atom stereocenters. The second-order valence-electron chi connectivity index (χ2n) is 10.7. The van der Waals surface area contributed by atoms with Crippen molar-refractivity contribution >= 4 is 17.1 Å². The number of hydrogen-bond donors (Lipinski definition) is 3. The predicted molar refractivity (Wildman–Crippen MR) is 165 cm³/mol. The number of aliphatic hydroxyl groups is 2. The molecule has 0 fully saturated rings. The number of allylic oxidation sites excluding steroid dienone is 10. The van der Waals surface area contributed by atoms with Crippen molar-refractivity contribution in [3.8, 4) is 0 Å². The van der Waals surface area contributed by atoms with Gasteiger partial charge < -0.3 is 15.5 Å². The van der Waals surface area contributed by atoms with Gasteiger partial charge in [-0.3, -0.25) is 0 Å². The summed E-state index contributed by atoms with van der Waals surface area (Å²) in [6.45, 7) is 14.9. The summed E-state index contributed by atoms with van der Waals surface area (Å²) in [5, 5.41) is 26.4. The van der Waals surface area contributed by atoms with E-state index in [1.165, 1.54) is 22.3 Å². The smallest absolute Gasteiger partial charge is 0.163 e. The van der Waals surface area contributed by atoms with Gasteiger partial charge in [0, 0.05) is 0 Å². The number of rotatable bonds is 7. The average molecular weight is 539 g/mol. The zero-order chi connectivity index (χ0) is 28.8. The Balaban J connectivity index is 1.84. The summed E-state index contributed by atoms with van der Waals surface area (Å²) in [7, 11) is 0. The molecule has 0 aliphatic carbocycles. The molecule has 210 valence electrons. The Kier molecular flexibility index (Phi) is 7.58. The molecule has 5 rings (SSSR count). The first-order valence-corrected chi connectivity index (χ1v) is 15.0. The molecule has 8 bridgehead atoms. The maximum atomic E-state index is 11.7. The van der Waals surface area contributed by atoms with Crippen molar-refractivity contribution in [2.45, 2.75) is 99.0 Å². The molecule has 3 N–H and O–H groups in total. The van der Waals surface area contributed by atoms with Crippen molar-refractivity contribution in [2.75, 3.05) is 0 Å². The van der Waals surface area contributed by atoms with Crippen molar-refractivity contribution in [1.29, 1.82) is 0 Å².